The Hall–Kier alpha value is -1.85. The van der Waals surface area contributed by atoms with Crippen molar-refractivity contribution in [3.05, 3.63) is 36.0 Å². The number of aromatic amines is 1. The lowest BCUT2D eigenvalue weighted by atomic mass is 9.76. The molecule has 0 aliphatic carbocycles. The van der Waals surface area contributed by atoms with E-state index in [1.165, 1.54) is 10.9 Å². The van der Waals surface area contributed by atoms with Crippen LogP contribution < -0.4 is 0 Å². The molecule has 2 aliphatic heterocycles. The van der Waals surface area contributed by atoms with Crippen LogP contribution in [0, 0.1) is 11.3 Å². The van der Waals surface area contributed by atoms with Gasteiger partial charge in [-0.25, -0.2) is 0 Å². The smallest absolute Gasteiger partial charge is 0.313 e. The lowest BCUT2D eigenvalue weighted by Crippen LogP contribution is -2.46. The molecule has 2 fully saturated rings. The third-order valence-electron chi connectivity index (χ3n) is 5.23. The Labute approximate surface area is 128 Å². The lowest BCUT2D eigenvalue weighted by Gasteiger charge is -2.34. The van der Waals surface area contributed by atoms with Crippen LogP contribution in [0.3, 0.4) is 0 Å². The normalized spacial score (nSPS) is 28.8. The summed E-state index contributed by atoms with van der Waals surface area (Å²) in [5.74, 6) is -0.514. The second kappa shape index (κ2) is 5.11. The summed E-state index contributed by atoms with van der Waals surface area (Å²) in [7, 11) is 0. The molecule has 0 saturated carbocycles. The van der Waals surface area contributed by atoms with Crippen molar-refractivity contribution in [1.29, 1.82) is 0 Å². The molecule has 0 amide bonds. The number of aromatic nitrogens is 1. The predicted molar refractivity (Wildman–Crippen MR) is 82.6 cm³/mol. The third kappa shape index (κ3) is 2.04. The Morgan fingerprint density at radius 1 is 1.45 bits per heavy atom. The van der Waals surface area contributed by atoms with Crippen LogP contribution in [0.1, 0.15) is 12.0 Å². The number of aliphatic carboxylic acids is 1. The number of benzene rings is 1. The van der Waals surface area contributed by atoms with Gasteiger partial charge in [0.15, 0.2) is 0 Å². The SMILES string of the molecule is O=C(O)[C@]12COCC[C@H]1CN(Cc1cccc3cc[nH]c13)C2. The maximum atomic E-state index is 11.8. The summed E-state index contributed by atoms with van der Waals surface area (Å²) in [6.45, 7) is 3.22. The van der Waals surface area contributed by atoms with Crippen LogP contribution in [0.2, 0.25) is 0 Å². The van der Waals surface area contributed by atoms with Crippen LogP contribution in [0.25, 0.3) is 10.9 Å². The van der Waals surface area contributed by atoms with E-state index in [0.717, 1.165) is 25.0 Å². The summed E-state index contributed by atoms with van der Waals surface area (Å²) in [6.07, 6.45) is 2.79. The van der Waals surface area contributed by atoms with E-state index in [9.17, 15) is 9.90 Å². The Morgan fingerprint density at radius 2 is 2.36 bits per heavy atom. The fourth-order valence-corrected chi connectivity index (χ4v) is 4.04. The number of hydrogen-bond acceptors (Lipinski definition) is 3. The first kappa shape index (κ1) is 13.8. The molecule has 0 spiro atoms. The molecule has 2 saturated heterocycles. The predicted octanol–water partition coefficient (Wildman–Crippen LogP) is 2.09. The maximum absolute atomic E-state index is 11.8. The minimum Gasteiger partial charge on any atom is -0.481 e. The van der Waals surface area contributed by atoms with Gasteiger partial charge in [0.25, 0.3) is 0 Å². The number of carbonyl (C=O) groups is 1. The highest BCUT2D eigenvalue weighted by Gasteiger charge is 2.53. The quantitative estimate of drug-likeness (QED) is 0.911. The average Bonchev–Trinajstić information content (AvgIpc) is 3.11. The maximum Gasteiger partial charge on any atom is 0.313 e. The van der Waals surface area contributed by atoms with Crippen LogP contribution in [-0.2, 0) is 16.1 Å². The summed E-state index contributed by atoms with van der Waals surface area (Å²) < 4.78 is 5.49. The Bertz CT molecular complexity index is 711. The number of H-pyrrole nitrogens is 1. The zero-order chi connectivity index (χ0) is 15.2. The number of carboxylic acid groups (broad SMARTS) is 1. The molecule has 5 nitrogen and oxygen atoms in total. The highest BCUT2D eigenvalue weighted by Crippen LogP contribution is 2.42. The van der Waals surface area contributed by atoms with Gasteiger partial charge < -0.3 is 14.8 Å². The van der Waals surface area contributed by atoms with Gasteiger partial charge in [-0.2, -0.15) is 0 Å². The van der Waals surface area contributed by atoms with Gasteiger partial charge in [-0.3, -0.25) is 9.69 Å². The van der Waals surface area contributed by atoms with Crippen LogP contribution in [0.4, 0.5) is 0 Å². The van der Waals surface area contributed by atoms with E-state index in [-0.39, 0.29) is 5.92 Å². The van der Waals surface area contributed by atoms with Crippen LogP contribution in [-0.4, -0.2) is 47.3 Å². The standard InChI is InChI=1S/C17H20N2O3/c20-16(21)17-10-19(9-14(17)5-7-22-11-17)8-13-3-1-2-12-4-6-18-15(12)13/h1-4,6,14,18H,5,7-11H2,(H,20,21)/t14-,17+/m0/s1. The van der Waals surface area contributed by atoms with Gasteiger partial charge in [-0.1, -0.05) is 18.2 Å². The molecular weight excluding hydrogens is 280 g/mol. The second-order valence-electron chi connectivity index (χ2n) is 6.53. The summed E-state index contributed by atoms with van der Waals surface area (Å²) in [6, 6.07) is 8.33. The van der Waals surface area contributed by atoms with Crippen LogP contribution >= 0.6 is 0 Å². The number of hydrogen-bond donors (Lipinski definition) is 2. The second-order valence-corrected chi connectivity index (χ2v) is 6.53. The van der Waals surface area contributed by atoms with Gasteiger partial charge in [-0.05, 0) is 29.4 Å². The first-order valence-electron chi connectivity index (χ1n) is 7.77. The highest BCUT2D eigenvalue weighted by atomic mass is 16.5. The number of likely N-dealkylation sites (tertiary alicyclic amines) is 1. The van der Waals surface area contributed by atoms with Gasteiger partial charge in [0, 0.05) is 38.0 Å². The van der Waals surface area contributed by atoms with E-state index in [0.29, 0.717) is 19.8 Å². The van der Waals surface area contributed by atoms with Crippen molar-refractivity contribution >= 4 is 16.9 Å². The van der Waals surface area contributed by atoms with Crippen molar-refractivity contribution in [2.45, 2.75) is 13.0 Å². The molecule has 4 rings (SSSR count). The number of carboxylic acids is 1. The van der Waals surface area contributed by atoms with E-state index in [2.05, 4.69) is 34.1 Å². The number of ether oxygens (including phenoxy) is 1. The van der Waals surface area contributed by atoms with E-state index in [4.69, 9.17) is 4.74 Å². The van der Waals surface area contributed by atoms with Crippen molar-refractivity contribution in [3.63, 3.8) is 0 Å². The zero-order valence-corrected chi connectivity index (χ0v) is 12.4. The molecule has 22 heavy (non-hydrogen) atoms. The fraction of sp³-hybridized carbons (Fsp3) is 0.471. The minimum absolute atomic E-state index is 0.196. The van der Waals surface area contributed by atoms with Crippen molar-refractivity contribution in [2.24, 2.45) is 11.3 Å². The van der Waals surface area contributed by atoms with Crippen molar-refractivity contribution in [1.82, 2.24) is 9.88 Å². The molecule has 2 aliphatic rings. The summed E-state index contributed by atoms with van der Waals surface area (Å²) in [5.41, 5.74) is 1.66. The van der Waals surface area contributed by atoms with E-state index < -0.39 is 11.4 Å². The summed E-state index contributed by atoms with van der Waals surface area (Å²) in [4.78, 5) is 17.4. The molecule has 3 heterocycles. The molecule has 1 aromatic heterocycles. The molecule has 2 atom stereocenters. The van der Waals surface area contributed by atoms with Gasteiger partial charge >= 0.3 is 5.97 Å². The third-order valence-corrected chi connectivity index (χ3v) is 5.23. The lowest BCUT2D eigenvalue weighted by molar-refractivity contribution is -0.159. The number of nitrogens with zero attached hydrogens (tertiary/aromatic N) is 1. The number of fused-ring (bicyclic) bond motifs is 2. The molecular formula is C17H20N2O3. The largest absolute Gasteiger partial charge is 0.481 e. The Balaban J connectivity index is 1.60. The first-order valence-corrected chi connectivity index (χ1v) is 7.77. The van der Waals surface area contributed by atoms with E-state index in [1.54, 1.807) is 0 Å². The number of rotatable bonds is 3. The van der Waals surface area contributed by atoms with Crippen LogP contribution in [0.5, 0.6) is 0 Å². The molecule has 0 radical (unpaired) electrons. The molecule has 2 aromatic rings. The monoisotopic (exact) mass is 300 g/mol. The number of nitrogens with one attached hydrogen (secondary N) is 1. The van der Waals surface area contributed by atoms with Gasteiger partial charge in [0.2, 0.25) is 0 Å². The van der Waals surface area contributed by atoms with Gasteiger partial charge in [-0.15, -0.1) is 0 Å². The first-order chi connectivity index (χ1) is 10.7. The molecule has 0 bridgehead atoms. The molecule has 0 unspecified atom stereocenters. The van der Waals surface area contributed by atoms with Crippen molar-refractivity contribution in [2.75, 3.05) is 26.3 Å². The Kier molecular flexibility index (Phi) is 3.20. The molecule has 1 aromatic carbocycles. The summed E-state index contributed by atoms with van der Waals surface area (Å²) in [5, 5.41) is 10.9. The number of para-hydroxylation sites is 1. The zero-order valence-electron chi connectivity index (χ0n) is 12.4. The molecule has 116 valence electrons. The Morgan fingerprint density at radius 3 is 3.18 bits per heavy atom. The van der Waals surface area contributed by atoms with Gasteiger partial charge in [0.05, 0.1) is 6.61 Å². The van der Waals surface area contributed by atoms with Gasteiger partial charge in [0.1, 0.15) is 5.41 Å². The molecule has 5 heteroatoms. The molecule has 2 N–H and O–H groups in total. The summed E-state index contributed by atoms with van der Waals surface area (Å²) >= 11 is 0. The topological polar surface area (TPSA) is 65.6 Å². The van der Waals surface area contributed by atoms with E-state index in [1.807, 2.05) is 6.20 Å². The average molecular weight is 300 g/mol. The minimum atomic E-state index is -0.720. The van der Waals surface area contributed by atoms with E-state index >= 15 is 0 Å². The van der Waals surface area contributed by atoms with Crippen LogP contribution in [0.15, 0.2) is 30.5 Å². The fourth-order valence-electron chi connectivity index (χ4n) is 4.04. The highest BCUT2D eigenvalue weighted by molar-refractivity contribution is 5.82. The van der Waals surface area contributed by atoms with Crippen molar-refractivity contribution in [3.8, 4) is 0 Å². The van der Waals surface area contributed by atoms with Crippen molar-refractivity contribution < 1.29 is 14.6 Å².